The molecular formula is C17H12FN3O. The predicted octanol–water partition coefficient (Wildman–Crippen LogP) is 3.05. The highest BCUT2D eigenvalue weighted by molar-refractivity contribution is 6.00. The molecule has 108 valence electrons. The Hall–Kier alpha value is -2.95. The van der Waals surface area contributed by atoms with E-state index in [4.69, 9.17) is 0 Å². The normalized spacial score (nSPS) is 16.4. The summed E-state index contributed by atoms with van der Waals surface area (Å²) in [5, 5.41) is 9.84. The van der Waals surface area contributed by atoms with Crippen LogP contribution < -0.4 is 5.32 Å². The fourth-order valence-corrected chi connectivity index (χ4v) is 2.84. The minimum atomic E-state index is -0.530. The van der Waals surface area contributed by atoms with E-state index < -0.39 is 6.04 Å². The number of nitrogens with zero attached hydrogens (tertiary/aromatic N) is 1. The second kappa shape index (κ2) is 4.80. The van der Waals surface area contributed by atoms with Crippen molar-refractivity contribution >= 4 is 5.91 Å². The van der Waals surface area contributed by atoms with Crippen molar-refractivity contribution in [3.05, 3.63) is 77.2 Å². The Morgan fingerprint density at radius 2 is 1.73 bits per heavy atom. The van der Waals surface area contributed by atoms with Crippen molar-refractivity contribution in [2.45, 2.75) is 6.04 Å². The van der Waals surface area contributed by atoms with E-state index in [1.165, 1.54) is 6.07 Å². The van der Waals surface area contributed by atoms with Crippen LogP contribution in [0.5, 0.6) is 0 Å². The van der Waals surface area contributed by atoms with E-state index in [2.05, 4.69) is 15.5 Å². The summed E-state index contributed by atoms with van der Waals surface area (Å²) < 4.78 is 14.1. The average molecular weight is 293 g/mol. The average Bonchev–Trinajstić information content (AvgIpc) is 3.11. The number of hydrogen-bond donors (Lipinski definition) is 2. The van der Waals surface area contributed by atoms with Crippen LogP contribution in [0, 0.1) is 5.82 Å². The number of nitrogens with one attached hydrogen (secondary N) is 2. The molecule has 0 saturated carbocycles. The van der Waals surface area contributed by atoms with Gasteiger partial charge in [-0.3, -0.25) is 9.89 Å². The van der Waals surface area contributed by atoms with E-state index in [1.807, 2.05) is 30.3 Å². The number of aromatic amines is 1. The molecular weight excluding hydrogens is 281 g/mol. The highest BCUT2D eigenvalue weighted by atomic mass is 19.1. The smallest absolute Gasteiger partial charge is 0.270 e. The van der Waals surface area contributed by atoms with Crippen LogP contribution in [0.3, 0.4) is 0 Å². The van der Waals surface area contributed by atoms with Crippen LogP contribution in [-0.4, -0.2) is 16.1 Å². The third kappa shape index (κ3) is 1.83. The summed E-state index contributed by atoms with van der Waals surface area (Å²) >= 11 is 0. The molecule has 0 aliphatic carbocycles. The largest absolute Gasteiger partial charge is 0.340 e. The minimum absolute atomic E-state index is 0.266. The van der Waals surface area contributed by atoms with Gasteiger partial charge in [0.15, 0.2) is 0 Å². The zero-order valence-electron chi connectivity index (χ0n) is 11.5. The molecule has 3 aromatic rings. The van der Waals surface area contributed by atoms with Crippen LogP contribution in [0.4, 0.5) is 4.39 Å². The maximum atomic E-state index is 14.1. The molecule has 0 unspecified atom stereocenters. The van der Waals surface area contributed by atoms with Crippen molar-refractivity contribution in [2.24, 2.45) is 0 Å². The van der Waals surface area contributed by atoms with Gasteiger partial charge in [-0.05, 0) is 6.07 Å². The van der Waals surface area contributed by atoms with Gasteiger partial charge in [-0.2, -0.15) is 5.10 Å². The molecule has 1 atom stereocenters. The molecule has 4 nitrogen and oxygen atoms in total. The van der Waals surface area contributed by atoms with Gasteiger partial charge in [-0.1, -0.05) is 48.5 Å². The van der Waals surface area contributed by atoms with Crippen LogP contribution >= 0.6 is 0 Å². The van der Waals surface area contributed by atoms with Crippen molar-refractivity contribution in [3.63, 3.8) is 0 Å². The molecule has 2 N–H and O–H groups in total. The molecule has 0 spiro atoms. The van der Waals surface area contributed by atoms with E-state index in [-0.39, 0.29) is 11.7 Å². The highest BCUT2D eigenvalue weighted by Crippen LogP contribution is 2.37. The first-order chi connectivity index (χ1) is 10.8. The summed E-state index contributed by atoms with van der Waals surface area (Å²) in [6.45, 7) is 0. The molecule has 1 aromatic heterocycles. The molecule has 1 aliphatic heterocycles. The van der Waals surface area contributed by atoms with E-state index >= 15 is 0 Å². The Morgan fingerprint density at radius 1 is 1.00 bits per heavy atom. The number of H-pyrrole nitrogens is 1. The number of rotatable bonds is 2. The van der Waals surface area contributed by atoms with Crippen molar-refractivity contribution in [2.75, 3.05) is 0 Å². The van der Waals surface area contributed by atoms with Gasteiger partial charge >= 0.3 is 0 Å². The van der Waals surface area contributed by atoms with Crippen LogP contribution in [-0.2, 0) is 0 Å². The molecule has 2 aromatic carbocycles. The van der Waals surface area contributed by atoms with Crippen LogP contribution in [0.1, 0.15) is 27.7 Å². The Kier molecular flexibility index (Phi) is 2.79. The minimum Gasteiger partial charge on any atom is -0.340 e. The van der Waals surface area contributed by atoms with Gasteiger partial charge in [-0.25, -0.2) is 4.39 Å². The third-order valence-corrected chi connectivity index (χ3v) is 3.86. The monoisotopic (exact) mass is 293 g/mol. The fourth-order valence-electron chi connectivity index (χ4n) is 2.84. The maximum absolute atomic E-state index is 14.1. The summed E-state index contributed by atoms with van der Waals surface area (Å²) in [5.41, 5.74) is 3.08. The lowest BCUT2D eigenvalue weighted by atomic mass is 9.96. The number of aromatic nitrogens is 2. The predicted molar refractivity (Wildman–Crippen MR) is 79.7 cm³/mol. The van der Waals surface area contributed by atoms with Crippen LogP contribution in [0.25, 0.3) is 11.3 Å². The van der Waals surface area contributed by atoms with Gasteiger partial charge in [-0.15, -0.1) is 0 Å². The van der Waals surface area contributed by atoms with Crippen molar-refractivity contribution in [1.29, 1.82) is 0 Å². The van der Waals surface area contributed by atoms with Gasteiger partial charge in [0, 0.05) is 16.7 Å². The van der Waals surface area contributed by atoms with Gasteiger partial charge in [0.25, 0.3) is 5.91 Å². The molecule has 0 bridgehead atoms. The lowest BCUT2D eigenvalue weighted by Crippen LogP contribution is -2.21. The number of carbonyl (C=O) groups is 1. The van der Waals surface area contributed by atoms with Crippen LogP contribution in [0.15, 0.2) is 54.6 Å². The van der Waals surface area contributed by atoms with Crippen molar-refractivity contribution < 1.29 is 9.18 Å². The Bertz CT molecular complexity index is 857. The van der Waals surface area contributed by atoms with E-state index in [0.29, 0.717) is 22.5 Å². The topological polar surface area (TPSA) is 57.8 Å². The first-order valence-electron chi connectivity index (χ1n) is 6.94. The van der Waals surface area contributed by atoms with E-state index in [0.717, 1.165) is 5.56 Å². The lowest BCUT2D eigenvalue weighted by molar-refractivity contribution is 0.0955. The lowest BCUT2D eigenvalue weighted by Gasteiger charge is -2.14. The van der Waals surface area contributed by atoms with Gasteiger partial charge < -0.3 is 5.32 Å². The molecule has 0 fully saturated rings. The zero-order valence-corrected chi connectivity index (χ0v) is 11.5. The van der Waals surface area contributed by atoms with Crippen LogP contribution in [0.2, 0.25) is 0 Å². The number of halogens is 1. The molecule has 5 heteroatoms. The number of amides is 1. The van der Waals surface area contributed by atoms with Crippen molar-refractivity contribution in [1.82, 2.24) is 15.5 Å². The highest BCUT2D eigenvalue weighted by Gasteiger charge is 2.36. The maximum Gasteiger partial charge on any atom is 0.270 e. The van der Waals surface area contributed by atoms with Gasteiger partial charge in [0.1, 0.15) is 11.5 Å². The number of benzene rings is 2. The standard InChI is InChI=1S/C17H12FN3O/c18-12-9-5-4-8-11(12)15-13-14(10-6-2-1-3-7-10)20-21-16(13)17(22)19-15/h1-9,15H,(H,19,22)(H,20,21)/t15-/m0/s1. The second-order valence-electron chi connectivity index (χ2n) is 5.15. The Labute approximate surface area is 126 Å². The third-order valence-electron chi connectivity index (χ3n) is 3.86. The molecule has 1 amide bonds. The number of fused-ring (bicyclic) bond motifs is 1. The van der Waals surface area contributed by atoms with E-state index in [9.17, 15) is 9.18 Å². The van der Waals surface area contributed by atoms with Gasteiger partial charge in [0.2, 0.25) is 0 Å². The Balaban J connectivity index is 1.90. The molecule has 22 heavy (non-hydrogen) atoms. The molecule has 0 saturated heterocycles. The quantitative estimate of drug-likeness (QED) is 0.763. The first-order valence-corrected chi connectivity index (χ1v) is 6.94. The number of hydrogen-bond acceptors (Lipinski definition) is 2. The first kappa shape index (κ1) is 12.8. The van der Waals surface area contributed by atoms with E-state index in [1.54, 1.807) is 18.2 Å². The summed E-state index contributed by atoms with van der Waals surface area (Å²) in [4.78, 5) is 12.1. The number of carbonyl (C=O) groups excluding carboxylic acids is 1. The summed E-state index contributed by atoms with van der Waals surface area (Å²) in [7, 11) is 0. The summed E-state index contributed by atoms with van der Waals surface area (Å²) in [6, 6.07) is 15.5. The Morgan fingerprint density at radius 3 is 2.50 bits per heavy atom. The summed E-state index contributed by atoms with van der Waals surface area (Å²) in [6.07, 6.45) is 0. The fraction of sp³-hybridized carbons (Fsp3) is 0.0588. The molecule has 0 radical (unpaired) electrons. The summed E-state index contributed by atoms with van der Waals surface area (Å²) in [5.74, 6) is -0.612. The van der Waals surface area contributed by atoms with Gasteiger partial charge in [0.05, 0.1) is 11.7 Å². The molecule has 1 aliphatic rings. The zero-order chi connectivity index (χ0) is 15.1. The molecule has 2 heterocycles. The molecule has 4 rings (SSSR count). The second-order valence-corrected chi connectivity index (χ2v) is 5.15. The SMILES string of the molecule is O=C1N[C@@H](c2ccccc2F)c2c(-c3ccccc3)n[nH]c21. The van der Waals surface area contributed by atoms with Crippen molar-refractivity contribution in [3.8, 4) is 11.3 Å².